The lowest BCUT2D eigenvalue weighted by Gasteiger charge is -2.32. The summed E-state index contributed by atoms with van der Waals surface area (Å²) in [6.45, 7) is 9.82. The van der Waals surface area contributed by atoms with Crippen LogP contribution in [0.1, 0.15) is 82.9 Å². The van der Waals surface area contributed by atoms with Gasteiger partial charge in [-0.15, -0.1) is 0 Å². The molecule has 4 atom stereocenters. The van der Waals surface area contributed by atoms with Gasteiger partial charge in [0.2, 0.25) is 11.8 Å². The molecule has 12 nitrogen and oxygen atoms in total. The van der Waals surface area contributed by atoms with E-state index in [0.29, 0.717) is 22.8 Å². The van der Waals surface area contributed by atoms with E-state index in [1.165, 1.54) is 0 Å². The summed E-state index contributed by atoms with van der Waals surface area (Å²) < 4.78 is 3.37. The fourth-order valence-electron chi connectivity index (χ4n) is 7.98. The monoisotopic (exact) mass is 762 g/mol. The van der Waals surface area contributed by atoms with E-state index in [2.05, 4.69) is 43.6 Å². The minimum absolute atomic E-state index is 0.243. The summed E-state index contributed by atoms with van der Waals surface area (Å²) >= 11 is 0. The second kappa shape index (κ2) is 15.7. The zero-order valence-electron chi connectivity index (χ0n) is 33.0. The average Bonchev–Trinajstić information content (AvgIpc) is 3.63. The number of hydrogen-bond acceptors (Lipinski definition) is 6. The maximum absolute atomic E-state index is 13.1. The van der Waals surface area contributed by atoms with E-state index in [4.69, 9.17) is 0 Å². The van der Waals surface area contributed by atoms with E-state index in [1.807, 2.05) is 109 Å². The van der Waals surface area contributed by atoms with Crippen molar-refractivity contribution in [2.24, 2.45) is 14.1 Å². The topological polar surface area (TPSA) is 152 Å². The van der Waals surface area contributed by atoms with Crippen LogP contribution < -0.4 is 21.3 Å². The Morgan fingerprint density at radius 1 is 0.544 bits per heavy atom. The number of rotatable bonds is 6. The van der Waals surface area contributed by atoms with Crippen molar-refractivity contribution in [2.75, 3.05) is 10.6 Å². The van der Waals surface area contributed by atoms with Crippen LogP contribution in [-0.4, -0.2) is 55.3 Å². The lowest BCUT2D eigenvalue weighted by molar-refractivity contribution is -0.119. The van der Waals surface area contributed by atoms with Gasteiger partial charge < -0.3 is 21.3 Å². The van der Waals surface area contributed by atoms with Crippen molar-refractivity contribution < 1.29 is 19.2 Å². The zero-order chi connectivity index (χ0) is 40.5. The normalized spacial score (nSPS) is 18.2. The van der Waals surface area contributed by atoms with Gasteiger partial charge in [-0.05, 0) is 70.0 Å². The van der Waals surface area contributed by atoms with Crippen molar-refractivity contribution in [3.8, 4) is 0 Å². The van der Waals surface area contributed by atoms with E-state index < -0.39 is 12.1 Å². The Balaban J connectivity index is 0.000000174. The highest BCUT2D eigenvalue weighted by molar-refractivity contribution is 6.05. The Morgan fingerprint density at radius 2 is 0.947 bits per heavy atom. The first-order valence-corrected chi connectivity index (χ1v) is 18.9. The Labute approximate surface area is 331 Å². The molecule has 6 aromatic rings. The van der Waals surface area contributed by atoms with Crippen LogP contribution in [-0.2, 0) is 23.7 Å². The van der Waals surface area contributed by atoms with Crippen molar-refractivity contribution in [2.45, 2.75) is 58.5 Å². The van der Waals surface area contributed by atoms with Crippen LogP contribution in [0.5, 0.6) is 0 Å². The fraction of sp³-hybridized carbons (Fsp3) is 0.244. The molecule has 2 aliphatic heterocycles. The minimum atomic E-state index is -0.736. The molecule has 0 bridgehead atoms. The van der Waals surface area contributed by atoms with Crippen LogP contribution in [0, 0.1) is 34.6 Å². The molecule has 0 fully saturated rings. The summed E-state index contributed by atoms with van der Waals surface area (Å²) in [7, 11) is 3.62. The number of anilines is 2. The predicted octanol–water partition coefficient (Wildman–Crippen LogP) is 6.15. The third-order valence-electron chi connectivity index (χ3n) is 10.6. The van der Waals surface area contributed by atoms with Gasteiger partial charge in [0, 0.05) is 48.2 Å². The van der Waals surface area contributed by atoms with Gasteiger partial charge in [0.05, 0.1) is 11.4 Å². The fourth-order valence-corrected chi connectivity index (χ4v) is 7.98. The van der Waals surface area contributed by atoms with Crippen LogP contribution in [0.3, 0.4) is 0 Å². The molecule has 12 heteroatoms. The molecule has 0 spiro atoms. The number of aryl methyl sites for hydroxylation is 7. The number of amides is 4. The van der Waals surface area contributed by atoms with Crippen molar-refractivity contribution in [1.82, 2.24) is 30.2 Å². The lowest BCUT2D eigenvalue weighted by atomic mass is 9.81. The summed E-state index contributed by atoms with van der Waals surface area (Å²) in [5.41, 5.74) is 9.75. The van der Waals surface area contributed by atoms with Gasteiger partial charge in [-0.3, -0.25) is 28.5 Å². The highest BCUT2D eigenvalue weighted by Gasteiger charge is 2.42. The number of benzene rings is 4. The van der Waals surface area contributed by atoms with E-state index in [1.54, 1.807) is 39.7 Å². The van der Waals surface area contributed by atoms with Gasteiger partial charge in [-0.2, -0.15) is 10.2 Å². The molecule has 0 aliphatic carbocycles. The van der Waals surface area contributed by atoms with Crippen LogP contribution in [0.2, 0.25) is 0 Å². The summed E-state index contributed by atoms with van der Waals surface area (Å²) in [6.07, 6.45) is 0. The number of aromatic nitrogens is 4. The van der Waals surface area contributed by atoms with Crippen LogP contribution in [0.15, 0.2) is 103 Å². The molecule has 0 saturated carbocycles. The number of nitrogens with one attached hydrogen (secondary N) is 4. The average molecular weight is 763 g/mol. The molecule has 4 N–H and O–H groups in total. The van der Waals surface area contributed by atoms with Crippen LogP contribution in [0.4, 0.5) is 11.6 Å². The number of fused-ring (bicyclic) bond motifs is 2. The molecule has 4 amide bonds. The first-order chi connectivity index (χ1) is 27.3. The van der Waals surface area contributed by atoms with E-state index in [9.17, 15) is 19.2 Å². The summed E-state index contributed by atoms with van der Waals surface area (Å²) in [4.78, 5) is 51.8. The number of carbonyl (C=O) groups excluding carboxylic acids is 4. The molecule has 0 unspecified atom stereocenters. The molecule has 0 radical (unpaired) electrons. The van der Waals surface area contributed by atoms with Crippen molar-refractivity contribution in [3.63, 3.8) is 0 Å². The first-order valence-electron chi connectivity index (χ1n) is 18.9. The Hall–Kier alpha value is -6.82. The van der Waals surface area contributed by atoms with Gasteiger partial charge in [0.15, 0.2) is 0 Å². The molecular formula is C45H46N8O4. The highest BCUT2D eigenvalue weighted by atomic mass is 16.2. The largest absolute Gasteiger partial charge is 0.339 e. The Morgan fingerprint density at radius 3 is 1.39 bits per heavy atom. The van der Waals surface area contributed by atoms with Gasteiger partial charge >= 0.3 is 0 Å². The van der Waals surface area contributed by atoms with Crippen molar-refractivity contribution in [3.05, 3.63) is 165 Å². The maximum atomic E-state index is 13.1. The molecule has 2 aromatic heterocycles. The van der Waals surface area contributed by atoms with E-state index >= 15 is 0 Å². The van der Waals surface area contributed by atoms with Gasteiger partial charge in [0.1, 0.15) is 23.7 Å². The van der Waals surface area contributed by atoms with Crippen molar-refractivity contribution >= 4 is 35.3 Å². The van der Waals surface area contributed by atoms with Crippen LogP contribution in [0.25, 0.3) is 0 Å². The van der Waals surface area contributed by atoms with Gasteiger partial charge in [0.25, 0.3) is 11.8 Å². The second-order valence-corrected chi connectivity index (χ2v) is 14.8. The van der Waals surface area contributed by atoms with Crippen LogP contribution >= 0.6 is 0 Å². The quantitative estimate of drug-likeness (QED) is 0.160. The molecule has 57 heavy (non-hydrogen) atoms. The molecule has 0 saturated heterocycles. The predicted molar refractivity (Wildman–Crippen MR) is 219 cm³/mol. The van der Waals surface area contributed by atoms with E-state index in [0.717, 1.165) is 50.3 Å². The van der Waals surface area contributed by atoms with E-state index in [-0.39, 0.29) is 35.5 Å². The van der Waals surface area contributed by atoms with Gasteiger partial charge in [-0.25, -0.2) is 0 Å². The summed E-state index contributed by atoms with van der Waals surface area (Å²) in [5, 5.41) is 20.7. The molecule has 290 valence electrons. The third kappa shape index (κ3) is 7.71. The standard InChI is InChI=1S/C23H24N4O2.C22H22N4O2/c1-13-7-5-9-16(11-13)19-18-15(3)26-27(4)21(18)25-23(29)20(19)24-22(28)17-10-6-8-14(2)12-17;1-13-8-7-11-16(12-13)18-17-14(2)25-26(3)20(17)24-22(28)19(18)23-21(27)15-9-5-4-6-10-15/h5-12,19-20H,1-4H3,(H,24,28)(H,25,29);4-12,18-19H,1-3H3,(H,23,27)(H,24,28)/t19-,20+;18-,19+/m11/s1. The number of hydrogen-bond donors (Lipinski definition) is 4. The molecular weight excluding hydrogens is 717 g/mol. The third-order valence-corrected chi connectivity index (χ3v) is 10.6. The molecule has 8 rings (SSSR count). The van der Waals surface area contributed by atoms with Gasteiger partial charge in [-0.1, -0.05) is 95.6 Å². The number of nitrogens with zero attached hydrogens (tertiary/aromatic N) is 4. The Kier molecular flexibility index (Phi) is 10.6. The minimum Gasteiger partial charge on any atom is -0.339 e. The summed E-state index contributed by atoms with van der Waals surface area (Å²) in [5.74, 6) is -0.301. The highest BCUT2D eigenvalue weighted by Crippen LogP contribution is 2.41. The first kappa shape index (κ1) is 38.5. The lowest BCUT2D eigenvalue weighted by Crippen LogP contribution is -2.50. The molecule has 4 aromatic carbocycles. The summed E-state index contributed by atoms with van der Waals surface area (Å²) in [6, 6.07) is 30.9. The maximum Gasteiger partial charge on any atom is 0.251 e. The SMILES string of the molecule is Cc1cccc(C(=O)N[C@@H]2C(=O)Nc3c(c(C)nn3C)[C@H]2c2cccc(C)c2)c1.Cc1cccc([C@@H]2c3c(C)nn(C)c3NC(=O)[C@H]2NC(=O)c2ccccc2)c1. The number of carbonyl (C=O) groups is 4. The smallest absolute Gasteiger partial charge is 0.251 e. The Bertz CT molecular complexity index is 2520. The van der Waals surface area contributed by atoms with Crippen molar-refractivity contribution in [1.29, 1.82) is 0 Å². The zero-order valence-corrected chi connectivity index (χ0v) is 33.0. The second-order valence-electron chi connectivity index (χ2n) is 14.8. The molecule has 4 heterocycles. The molecule has 2 aliphatic rings.